The molecule has 0 saturated heterocycles. The van der Waals surface area contributed by atoms with Gasteiger partial charge in [-0.1, -0.05) is 26.2 Å². The third-order valence-electron chi connectivity index (χ3n) is 3.65. The van der Waals surface area contributed by atoms with E-state index in [0.29, 0.717) is 6.04 Å². The van der Waals surface area contributed by atoms with E-state index in [2.05, 4.69) is 5.32 Å². The summed E-state index contributed by atoms with van der Waals surface area (Å²) in [6.45, 7) is 2.03. The number of anilines is 1. The summed E-state index contributed by atoms with van der Waals surface area (Å²) in [6.07, 6.45) is 7.13. The number of nitro benzene ring substituents is 1. The van der Waals surface area contributed by atoms with Gasteiger partial charge < -0.3 is 5.32 Å². The fourth-order valence-corrected chi connectivity index (χ4v) is 2.59. The molecule has 1 N–H and O–H groups in total. The van der Waals surface area contributed by atoms with E-state index in [9.17, 15) is 10.1 Å². The molecule has 98 valence electrons. The zero-order chi connectivity index (χ0) is 13.0. The van der Waals surface area contributed by atoms with Crippen LogP contribution in [0.2, 0.25) is 0 Å². The van der Waals surface area contributed by atoms with Gasteiger partial charge in [0.25, 0.3) is 5.69 Å². The highest BCUT2D eigenvalue weighted by molar-refractivity contribution is 5.56. The monoisotopic (exact) mass is 248 g/mol. The first-order valence-corrected chi connectivity index (χ1v) is 6.74. The molecule has 1 aliphatic rings. The van der Waals surface area contributed by atoms with Gasteiger partial charge in [0.2, 0.25) is 0 Å². The van der Waals surface area contributed by atoms with Crippen LogP contribution < -0.4 is 5.32 Å². The molecule has 0 spiro atoms. The second-order valence-corrected chi connectivity index (χ2v) is 4.93. The fourth-order valence-electron chi connectivity index (χ4n) is 2.59. The van der Waals surface area contributed by atoms with Crippen molar-refractivity contribution in [2.45, 2.75) is 51.5 Å². The molecule has 0 radical (unpaired) electrons. The summed E-state index contributed by atoms with van der Waals surface area (Å²) in [4.78, 5) is 10.4. The van der Waals surface area contributed by atoms with Crippen molar-refractivity contribution in [2.24, 2.45) is 0 Å². The lowest BCUT2D eigenvalue weighted by Crippen LogP contribution is -2.22. The fraction of sp³-hybridized carbons (Fsp3) is 0.571. The number of hydrogen-bond acceptors (Lipinski definition) is 3. The van der Waals surface area contributed by atoms with Crippen LogP contribution in [0.4, 0.5) is 11.4 Å². The third kappa shape index (κ3) is 3.00. The Balaban J connectivity index is 2.13. The molecule has 0 bridgehead atoms. The van der Waals surface area contributed by atoms with Crippen LogP contribution in [-0.2, 0) is 6.42 Å². The number of aryl methyl sites for hydroxylation is 1. The van der Waals surface area contributed by atoms with Gasteiger partial charge in [-0.25, -0.2) is 0 Å². The van der Waals surface area contributed by atoms with Crippen molar-refractivity contribution in [3.8, 4) is 0 Å². The molecule has 0 unspecified atom stereocenters. The van der Waals surface area contributed by atoms with Gasteiger partial charge in [0, 0.05) is 23.9 Å². The first-order chi connectivity index (χ1) is 8.70. The van der Waals surface area contributed by atoms with Gasteiger partial charge in [0.15, 0.2) is 0 Å². The maximum Gasteiger partial charge on any atom is 0.269 e. The highest BCUT2D eigenvalue weighted by Crippen LogP contribution is 2.26. The van der Waals surface area contributed by atoms with E-state index in [-0.39, 0.29) is 10.6 Å². The summed E-state index contributed by atoms with van der Waals surface area (Å²) in [5.74, 6) is 0. The van der Waals surface area contributed by atoms with Gasteiger partial charge in [-0.2, -0.15) is 0 Å². The molecule has 4 heteroatoms. The molecular weight excluding hydrogens is 228 g/mol. The maximum atomic E-state index is 10.8. The molecule has 4 nitrogen and oxygen atoms in total. The van der Waals surface area contributed by atoms with Gasteiger partial charge in [-0.15, -0.1) is 0 Å². The van der Waals surface area contributed by atoms with Crippen molar-refractivity contribution < 1.29 is 4.92 Å². The lowest BCUT2D eigenvalue weighted by atomic mass is 9.95. The van der Waals surface area contributed by atoms with Crippen LogP contribution in [0.3, 0.4) is 0 Å². The van der Waals surface area contributed by atoms with Crippen molar-refractivity contribution in [2.75, 3.05) is 5.32 Å². The van der Waals surface area contributed by atoms with E-state index < -0.39 is 0 Å². The van der Waals surface area contributed by atoms with Crippen LogP contribution in [-0.4, -0.2) is 11.0 Å². The number of nitrogens with one attached hydrogen (secondary N) is 1. The van der Waals surface area contributed by atoms with Crippen LogP contribution >= 0.6 is 0 Å². The minimum Gasteiger partial charge on any atom is -0.382 e. The van der Waals surface area contributed by atoms with Gasteiger partial charge in [0.1, 0.15) is 0 Å². The van der Waals surface area contributed by atoms with Crippen LogP contribution in [0.25, 0.3) is 0 Å². The molecule has 1 fully saturated rings. The van der Waals surface area contributed by atoms with Gasteiger partial charge in [0.05, 0.1) is 4.92 Å². The van der Waals surface area contributed by atoms with Crippen LogP contribution in [0.15, 0.2) is 18.2 Å². The van der Waals surface area contributed by atoms with E-state index >= 15 is 0 Å². The largest absolute Gasteiger partial charge is 0.382 e. The Morgan fingerprint density at radius 3 is 2.67 bits per heavy atom. The summed E-state index contributed by atoms with van der Waals surface area (Å²) < 4.78 is 0. The Kier molecular flexibility index (Phi) is 4.18. The molecule has 0 aromatic heterocycles. The second-order valence-electron chi connectivity index (χ2n) is 4.93. The van der Waals surface area contributed by atoms with Crippen molar-refractivity contribution in [3.63, 3.8) is 0 Å². The second kappa shape index (κ2) is 5.85. The minimum atomic E-state index is -0.330. The van der Waals surface area contributed by atoms with Gasteiger partial charge in [-0.3, -0.25) is 10.1 Å². The topological polar surface area (TPSA) is 55.2 Å². The Labute approximate surface area is 108 Å². The predicted molar refractivity (Wildman–Crippen MR) is 73.0 cm³/mol. The number of nitrogens with zero attached hydrogens (tertiary/aromatic N) is 1. The Bertz CT molecular complexity index is 426. The predicted octanol–water partition coefficient (Wildman–Crippen LogP) is 3.90. The summed E-state index contributed by atoms with van der Waals surface area (Å²) in [5.41, 5.74) is 2.28. The molecule has 0 aliphatic heterocycles. The van der Waals surface area contributed by atoms with Crippen molar-refractivity contribution in [3.05, 3.63) is 33.9 Å². The molecule has 0 heterocycles. The molecule has 0 atom stereocenters. The van der Waals surface area contributed by atoms with Crippen molar-refractivity contribution in [1.29, 1.82) is 0 Å². The van der Waals surface area contributed by atoms with E-state index in [4.69, 9.17) is 0 Å². The number of benzene rings is 1. The Hall–Kier alpha value is -1.58. The van der Waals surface area contributed by atoms with E-state index in [1.165, 1.54) is 32.1 Å². The lowest BCUT2D eigenvalue weighted by Gasteiger charge is -2.25. The minimum absolute atomic E-state index is 0.182. The first kappa shape index (κ1) is 12.9. The van der Waals surface area contributed by atoms with Crippen LogP contribution in [0.1, 0.15) is 44.6 Å². The number of non-ortho nitro benzene ring substituents is 1. The summed E-state index contributed by atoms with van der Waals surface area (Å²) in [7, 11) is 0. The zero-order valence-electron chi connectivity index (χ0n) is 10.8. The lowest BCUT2D eigenvalue weighted by molar-refractivity contribution is -0.384. The SMILES string of the molecule is CCc1cc([N+](=O)[O-])ccc1NC1CCCCC1. The Morgan fingerprint density at radius 1 is 1.33 bits per heavy atom. The molecule has 1 aliphatic carbocycles. The van der Waals surface area contributed by atoms with Crippen molar-refractivity contribution >= 4 is 11.4 Å². The molecule has 0 amide bonds. The molecule has 1 aromatic carbocycles. The quantitative estimate of drug-likeness (QED) is 0.649. The summed E-state index contributed by atoms with van der Waals surface area (Å²) in [5, 5.41) is 14.3. The Morgan fingerprint density at radius 2 is 2.06 bits per heavy atom. The average molecular weight is 248 g/mol. The van der Waals surface area contributed by atoms with Crippen LogP contribution in [0.5, 0.6) is 0 Å². The molecule has 18 heavy (non-hydrogen) atoms. The normalized spacial score (nSPS) is 16.5. The van der Waals surface area contributed by atoms with E-state index in [0.717, 1.165) is 17.7 Å². The third-order valence-corrected chi connectivity index (χ3v) is 3.65. The van der Waals surface area contributed by atoms with Gasteiger partial charge in [-0.05, 0) is 30.9 Å². The number of nitro groups is 1. The van der Waals surface area contributed by atoms with Crippen molar-refractivity contribution in [1.82, 2.24) is 0 Å². The van der Waals surface area contributed by atoms with Crippen LogP contribution in [0, 0.1) is 10.1 Å². The highest BCUT2D eigenvalue weighted by atomic mass is 16.6. The zero-order valence-corrected chi connectivity index (χ0v) is 10.8. The summed E-state index contributed by atoms with van der Waals surface area (Å²) in [6, 6.07) is 5.66. The first-order valence-electron chi connectivity index (χ1n) is 6.74. The van der Waals surface area contributed by atoms with E-state index in [1.54, 1.807) is 12.1 Å². The smallest absolute Gasteiger partial charge is 0.269 e. The standard InChI is InChI=1S/C14H20N2O2/c1-2-11-10-13(16(17)18)8-9-14(11)15-12-6-4-3-5-7-12/h8-10,12,15H,2-7H2,1H3. The number of rotatable bonds is 4. The molecule has 1 saturated carbocycles. The highest BCUT2D eigenvalue weighted by Gasteiger charge is 2.15. The summed E-state index contributed by atoms with van der Waals surface area (Å²) >= 11 is 0. The molecule has 1 aromatic rings. The molecule has 2 rings (SSSR count). The molecular formula is C14H20N2O2. The maximum absolute atomic E-state index is 10.8. The average Bonchev–Trinajstić information content (AvgIpc) is 2.40. The van der Waals surface area contributed by atoms with E-state index in [1.807, 2.05) is 13.0 Å². The number of hydrogen-bond donors (Lipinski definition) is 1. The van der Waals surface area contributed by atoms with Gasteiger partial charge >= 0.3 is 0 Å².